The molecule has 0 aromatic heterocycles. The Bertz CT molecular complexity index is 697. The monoisotopic (exact) mass is 371 g/mol. The predicted octanol–water partition coefficient (Wildman–Crippen LogP) is 4.27. The maximum atomic E-state index is 10.2. The molecule has 3 aliphatic rings. The van der Waals surface area contributed by atoms with Gasteiger partial charge in [0.25, 0.3) is 0 Å². The van der Waals surface area contributed by atoms with Crippen molar-refractivity contribution in [1.29, 1.82) is 0 Å². The van der Waals surface area contributed by atoms with Crippen LogP contribution in [0.1, 0.15) is 57.4 Å². The number of likely N-dealkylation sites (N-methyl/N-ethyl adjacent to an activating group) is 1. The van der Waals surface area contributed by atoms with Crippen LogP contribution in [0.2, 0.25) is 0 Å². The van der Waals surface area contributed by atoms with E-state index in [0.717, 1.165) is 69.3 Å². The molecule has 1 saturated heterocycles. The molecule has 1 heterocycles. The van der Waals surface area contributed by atoms with Gasteiger partial charge in [-0.2, -0.15) is 0 Å². The number of rotatable bonds is 8. The number of hydrogen-bond donors (Lipinski definition) is 1. The molecule has 2 fully saturated rings. The van der Waals surface area contributed by atoms with Crippen LogP contribution in [-0.2, 0) is 5.41 Å². The van der Waals surface area contributed by atoms with Crippen molar-refractivity contribution in [3.63, 3.8) is 0 Å². The second-order valence-corrected chi connectivity index (χ2v) is 8.53. The van der Waals surface area contributed by atoms with Crippen LogP contribution in [0.25, 0.3) is 0 Å². The van der Waals surface area contributed by atoms with E-state index in [1.165, 1.54) is 24.1 Å². The van der Waals surface area contributed by atoms with Crippen LogP contribution in [-0.4, -0.2) is 42.9 Å². The fourth-order valence-corrected chi connectivity index (χ4v) is 4.47. The van der Waals surface area contributed by atoms with Crippen LogP contribution in [0.3, 0.4) is 0 Å². The summed E-state index contributed by atoms with van der Waals surface area (Å²) in [5.74, 6) is 2.49. The Labute approximate surface area is 163 Å². The molecule has 0 bridgehead atoms. The van der Waals surface area contributed by atoms with E-state index in [1.54, 1.807) is 0 Å². The lowest BCUT2D eigenvalue weighted by atomic mass is 9.70. The highest BCUT2D eigenvalue weighted by atomic mass is 16.5. The van der Waals surface area contributed by atoms with Crippen molar-refractivity contribution in [2.24, 2.45) is 5.92 Å². The summed E-state index contributed by atoms with van der Waals surface area (Å²) in [4.78, 5) is 2.30. The van der Waals surface area contributed by atoms with Gasteiger partial charge in [0.05, 0.1) is 19.3 Å². The lowest BCUT2D eigenvalue weighted by molar-refractivity contribution is 0.181. The van der Waals surface area contributed by atoms with Crippen molar-refractivity contribution in [2.45, 2.75) is 63.4 Å². The first-order chi connectivity index (χ1) is 13.1. The number of nitrogens with zero attached hydrogens (tertiary/aromatic N) is 1. The summed E-state index contributed by atoms with van der Waals surface area (Å²) in [6.07, 6.45) is 9.39. The summed E-state index contributed by atoms with van der Waals surface area (Å²) in [6, 6.07) is 6.54. The summed E-state index contributed by atoms with van der Waals surface area (Å²) >= 11 is 0. The molecule has 1 aromatic carbocycles. The van der Waals surface area contributed by atoms with E-state index in [0.29, 0.717) is 0 Å². The topological polar surface area (TPSA) is 41.9 Å². The number of allylic oxidation sites excluding steroid dienone is 1. The van der Waals surface area contributed by atoms with E-state index >= 15 is 0 Å². The van der Waals surface area contributed by atoms with Crippen LogP contribution in [0, 0.1) is 5.92 Å². The van der Waals surface area contributed by atoms with Gasteiger partial charge in [-0.3, -0.25) is 0 Å². The van der Waals surface area contributed by atoms with Crippen molar-refractivity contribution in [1.82, 2.24) is 4.90 Å². The highest BCUT2D eigenvalue weighted by Crippen LogP contribution is 2.50. The first-order valence-corrected chi connectivity index (χ1v) is 10.6. The highest BCUT2D eigenvalue weighted by molar-refractivity contribution is 5.49. The molecule has 1 saturated carbocycles. The minimum Gasteiger partial charge on any atom is -0.490 e. The van der Waals surface area contributed by atoms with E-state index < -0.39 is 0 Å². The second-order valence-electron chi connectivity index (χ2n) is 8.53. The SMILES string of the molecule is CCCCOc1cc([C@@]23CC[C@H](O)C=C2N(C)CC3)ccc1OCC1CC1. The molecule has 1 aliphatic heterocycles. The van der Waals surface area contributed by atoms with Gasteiger partial charge in [-0.25, -0.2) is 0 Å². The third-order valence-corrected chi connectivity index (χ3v) is 6.42. The van der Waals surface area contributed by atoms with Gasteiger partial charge in [0.2, 0.25) is 0 Å². The third kappa shape index (κ3) is 3.82. The molecule has 0 radical (unpaired) electrons. The van der Waals surface area contributed by atoms with E-state index in [1.807, 2.05) is 0 Å². The number of fused-ring (bicyclic) bond motifs is 1. The zero-order valence-electron chi connectivity index (χ0n) is 16.7. The van der Waals surface area contributed by atoms with Gasteiger partial charge in [-0.1, -0.05) is 19.4 Å². The van der Waals surface area contributed by atoms with Crippen molar-refractivity contribution in [3.8, 4) is 11.5 Å². The summed E-state index contributed by atoms with van der Waals surface area (Å²) in [5, 5.41) is 10.2. The number of aliphatic hydroxyl groups is 1. The predicted molar refractivity (Wildman–Crippen MR) is 107 cm³/mol. The molecule has 1 N–H and O–H groups in total. The number of unbranched alkanes of at least 4 members (excludes halogenated alkanes) is 1. The Balaban J connectivity index is 1.63. The number of likely N-dealkylation sites (tertiary alicyclic amines) is 1. The maximum absolute atomic E-state index is 10.2. The van der Waals surface area contributed by atoms with Crippen LogP contribution in [0.15, 0.2) is 30.0 Å². The minimum absolute atomic E-state index is 0.00582. The van der Waals surface area contributed by atoms with E-state index in [4.69, 9.17) is 9.47 Å². The zero-order valence-corrected chi connectivity index (χ0v) is 16.7. The first-order valence-electron chi connectivity index (χ1n) is 10.6. The molecule has 0 unspecified atom stereocenters. The molecule has 0 amide bonds. The number of aliphatic hydroxyl groups excluding tert-OH is 1. The zero-order chi connectivity index (χ0) is 18.9. The highest BCUT2D eigenvalue weighted by Gasteiger charge is 2.45. The second kappa shape index (κ2) is 7.75. The van der Waals surface area contributed by atoms with Crippen molar-refractivity contribution >= 4 is 0 Å². The molecule has 148 valence electrons. The largest absolute Gasteiger partial charge is 0.490 e. The summed E-state index contributed by atoms with van der Waals surface area (Å²) < 4.78 is 12.2. The standard InChI is InChI=1S/C23H33NO3/c1-3-4-13-26-21-14-18(7-8-20(21)27-16-17-5-6-17)23-10-9-19(25)15-22(23)24(2)12-11-23/h7-8,14-15,17,19,25H,3-6,9-13,16H2,1-2H3/t19-,23-/m0/s1. The maximum Gasteiger partial charge on any atom is 0.161 e. The summed E-state index contributed by atoms with van der Waals surface area (Å²) in [5.41, 5.74) is 2.58. The van der Waals surface area contributed by atoms with Gasteiger partial charge in [0, 0.05) is 24.7 Å². The van der Waals surface area contributed by atoms with Crippen molar-refractivity contribution < 1.29 is 14.6 Å². The third-order valence-electron chi connectivity index (χ3n) is 6.42. The molecular formula is C23H33NO3. The van der Waals surface area contributed by atoms with Gasteiger partial charge in [-0.05, 0) is 68.2 Å². The molecule has 2 atom stereocenters. The van der Waals surface area contributed by atoms with E-state index in [2.05, 4.69) is 43.1 Å². The minimum atomic E-state index is -0.324. The normalized spacial score (nSPS) is 27.3. The molecule has 4 heteroatoms. The van der Waals surface area contributed by atoms with Gasteiger partial charge in [0.15, 0.2) is 11.5 Å². The van der Waals surface area contributed by atoms with Gasteiger partial charge < -0.3 is 19.5 Å². The Hall–Kier alpha value is -1.68. The molecule has 2 aliphatic carbocycles. The fraction of sp³-hybridized carbons (Fsp3) is 0.652. The van der Waals surface area contributed by atoms with Crippen LogP contribution in [0.4, 0.5) is 0 Å². The lowest BCUT2D eigenvalue weighted by Crippen LogP contribution is -2.33. The summed E-state index contributed by atoms with van der Waals surface area (Å²) in [6.45, 7) is 4.75. The van der Waals surface area contributed by atoms with Gasteiger partial charge in [-0.15, -0.1) is 0 Å². The Morgan fingerprint density at radius 2 is 2.00 bits per heavy atom. The molecule has 0 spiro atoms. The quantitative estimate of drug-likeness (QED) is 0.693. The van der Waals surface area contributed by atoms with Gasteiger partial charge >= 0.3 is 0 Å². The fourth-order valence-electron chi connectivity index (χ4n) is 4.47. The Morgan fingerprint density at radius 3 is 2.78 bits per heavy atom. The molecule has 1 aromatic rings. The number of hydrogen-bond acceptors (Lipinski definition) is 4. The Morgan fingerprint density at radius 1 is 1.15 bits per heavy atom. The van der Waals surface area contributed by atoms with Gasteiger partial charge in [0.1, 0.15) is 0 Å². The lowest BCUT2D eigenvalue weighted by Gasteiger charge is -2.37. The Kier molecular flexibility index (Phi) is 5.36. The van der Waals surface area contributed by atoms with Crippen LogP contribution < -0.4 is 9.47 Å². The number of benzene rings is 1. The molecule has 4 nitrogen and oxygen atoms in total. The van der Waals surface area contributed by atoms with Crippen molar-refractivity contribution in [3.05, 3.63) is 35.5 Å². The smallest absolute Gasteiger partial charge is 0.161 e. The van der Waals surface area contributed by atoms with E-state index in [9.17, 15) is 5.11 Å². The molecule has 4 rings (SSSR count). The van der Waals surface area contributed by atoms with Crippen LogP contribution >= 0.6 is 0 Å². The first kappa shape index (κ1) is 18.7. The molecule has 27 heavy (non-hydrogen) atoms. The number of ether oxygens (including phenoxy) is 2. The average molecular weight is 372 g/mol. The van der Waals surface area contributed by atoms with Crippen molar-refractivity contribution in [2.75, 3.05) is 26.8 Å². The summed E-state index contributed by atoms with van der Waals surface area (Å²) in [7, 11) is 2.14. The average Bonchev–Trinajstić information content (AvgIpc) is 3.45. The van der Waals surface area contributed by atoms with E-state index in [-0.39, 0.29) is 11.5 Å². The van der Waals surface area contributed by atoms with Crippen LogP contribution in [0.5, 0.6) is 11.5 Å². The molecular weight excluding hydrogens is 338 g/mol.